The summed E-state index contributed by atoms with van der Waals surface area (Å²) in [7, 11) is 1.78. The van der Waals surface area contributed by atoms with Crippen LogP contribution in [0.1, 0.15) is 26.5 Å². The van der Waals surface area contributed by atoms with Gasteiger partial charge in [0.1, 0.15) is 6.33 Å². The number of nitrogens with one attached hydrogen (secondary N) is 1. The molecule has 0 aliphatic carbocycles. The monoisotopic (exact) mass is 260 g/mol. The summed E-state index contributed by atoms with van der Waals surface area (Å²) in [5.41, 5.74) is 0.539. The number of hydrogen-bond acceptors (Lipinski definition) is 4. The van der Waals surface area contributed by atoms with Gasteiger partial charge < -0.3 is 15.0 Å². The van der Waals surface area contributed by atoms with Crippen molar-refractivity contribution in [2.75, 3.05) is 0 Å². The molecule has 0 saturated heterocycles. The van der Waals surface area contributed by atoms with Crippen molar-refractivity contribution in [3.63, 3.8) is 0 Å². The molecule has 19 heavy (non-hydrogen) atoms. The van der Waals surface area contributed by atoms with Crippen LogP contribution in [-0.2, 0) is 13.6 Å². The summed E-state index contributed by atoms with van der Waals surface area (Å²) in [5.74, 6) is -0.679. The Balaban J connectivity index is 2.00. The number of aromatic carboxylic acids is 1. The van der Waals surface area contributed by atoms with E-state index in [1.54, 1.807) is 17.9 Å². The smallest absolute Gasteiger partial charge is 0.335 e. The zero-order valence-corrected chi connectivity index (χ0v) is 10.2. The zero-order valence-electron chi connectivity index (χ0n) is 10.2. The third kappa shape index (κ3) is 2.95. The minimum atomic E-state index is -1.02. The normalized spacial score (nSPS) is 10.2. The Kier molecular flexibility index (Phi) is 3.56. The van der Waals surface area contributed by atoms with E-state index < -0.39 is 5.97 Å². The van der Waals surface area contributed by atoms with Gasteiger partial charge in [-0.1, -0.05) is 0 Å². The summed E-state index contributed by atoms with van der Waals surface area (Å²) in [6, 6.07) is 5.71. The van der Waals surface area contributed by atoms with Crippen molar-refractivity contribution >= 4 is 11.9 Å². The number of amides is 1. The number of aromatic nitrogens is 3. The average molecular weight is 260 g/mol. The highest BCUT2D eigenvalue weighted by Crippen LogP contribution is 2.04. The third-order valence-corrected chi connectivity index (χ3v) is 2.61. The molecule has 2 rings (SSSR count). The Morgan fingerprint density at radius 3 is 2.42 bits per heavy atom. The summed E-state index contributed by atoms with van der Waals surface area (Å²) < 4.78 is 1.70. The second kappa shape index (κ2) is 5.30. The van der Waals surface area contributed by atoms with E-state index in [1.165, 1.54) is 24.3 Å². The molecule has 0 aliphatic heterocycles. The second-order valence-electron chi connectivity index (χ2n) is 3.92. The van der Waals surface area contributed by atoms with E-state index in [-0.39, 0.29) is 18.0 Å². The summed E-state index contributed by atoms with van der Waals surface area (Å²) >= 11 is 0. The fourth-order valence-corrected chi connectivity index (χ4v) is 1.49. The van der Waals surface area contributed by atoms with Crippen LogP contribution in [0.2, 0.25) is 0 Å². The molecule has 1 amide bonds. The van der Waals surface area contributed by atoms with Crippen LogP contribution in [0.4, 0.5) is 0 Å². The topological polar surface area (TPSA) is 97.1 Å². The number of carbonyl (C=O) groups is 2. The van der Waals surface area contributed by atoms with E-state index in [2.05, 4.69) is 15.5 Å². The van der Waals surface area contributed by atoms with Crippen molar-refractivity contribution in [3.8, 4) is 0 Å². The van der Waals surface area contributed by atoms with Gasteiger partial charge in [0.2, 0.25) is 0 Å². The van der Waals surface area contributed by atoms with Crippen LogP contribution in [-0.4, -0.2) is 31.7 Å². The minimum absolute atomic E-state index is 0.143. The first-order valence-corrected chi connectivity index (χ1v) is 5.52. The van der Waals surface area contributed by atoms with Crippen molar-refractivity contribution in [1.29, 1.82) is 0 Å². The maximum atomic E-state index is 11.8. The molecule has 1 aromatic carbocycles. The molecule has 2 aromatic rings. The summed E-state index contributed by atoms with van der Waals surface area (Å²) in [5, 5.41) is 19.0. The number of carboxylic acids is 1. The number of benzene rings is 1. The molecule has 98 valence electrons. The molecule has 0 aliphatic rings. The quantitative estimate of drug-likeness (QED) is 0.831. The van der Waals surface area contributed by atoms with Crippen molar-refractivity contribution in [2.45, 2.75) is 6.54 Å². The molecule has 0 spiro atoms. The number of aryl methyl sites for hydroxylation is 1. The van der Waals surface area contributed by atoms with Gasteiger partial charge in [0.25, 0.3) is 5.91 Å². The van der Waals surface area contributed by atoms with Gasteiger partial charge in [-0.2, -0.15) is 0 Å². The molecule has 0 fully saturated rings. The largest absolute Gasteiger partial charge is 0.478 e. The van der Waals surface area contributed by atoms with Crippen molar-refractivity contribution < 1.29 is 14.7 Å². The highest BCUT2D eigenvalue weighted by Gasteiger charge is 2.09. The molecule has 1 aromatic heterocycles. The molecule has 0 atom stereocenters. The van der Waals surface area contributed by atoms with Gasteiger partial charge in [-0.3, -0.25) is 4.79 Å². The van der Waals surface area contributed by atoms with E-state index in [1.807, 2.05) is 0 Å². The van der Waals surface area contributed by atoms with Crippen LogP contribution in [0.25, 0.3) is 0 Å². The van der Waals surface area contributed by atoms with Gasteiger partial charge in [-0.15, -0.1) is 10.2 Å². The molecule has 7 heteroatoms. The molecule has 1 heterocycles. The van der Waals surface area contributed by atoms with Gasteiger partial charge in [0, 0.05) is 12.6 Å². The average Bonchev–Trinajstić information content (AvgIpc) is 2.81. The molecular weight excluding hydrogens is 248 g/mol. The first-order valence-electron chi connectivity index (χ1n) is 5.52. The molecule has 2 N–H and O–H groups in total. The third-order valence-electron chi connectivity index (χ3n) is 2.61. The Bertz CT molecular complexity index is 604. The van der Waals surface area contributed by atoms with Crippen LogP contribution in [0, 0.1) is 0 Å². The maximum absolute atomic E-state index is 11.8. The number of carboxylic acid groups (broad SMARTS) is 1. The lowest BCUT2D eigenvalue weighted by Gasteiger charge is -2.05. The molecule has 0 unspecified atom stereocenters. The van der Waals surface area contributed by atoms with Gasteiger partial charge in [-0.25, -0.2) is 4.79 Å². The molecule has 0 bridgehead atoms. The first kappa shape index (κ1) is 12.7. The summed E-state index contributed by atoms with van der Waals surface area (Å²) in [6.07, 6.45) is 1.54. The highest BCUT2D eigenvalue weighted by atomic mass is 16.4. The fourth-order valence-electron chi connectivity index (χ4n) is 1.49. The number of rotatable bonds is 4. The molecule has 0 radical (unpaired) electrons. The van der Waals surface area contributed by atoms with Crippen LogP contribution in [0.5, 0.6) is 0 Å². The van der Waals surface area contributed by atoms with E-state index in [9.17, 15) is 9.59 Å². The highest BCUT2D eigenvalue weighted by molar-refractivity contribution is 5.95. The zero-order chi connectivity index (χ0) is 13.8. The maximum Gasteiger partial charge on any atom is 0.335 e. The van der Waals surface area contributed by atoms with E-state index in [4.69, 9.17) is 5.11 Å². The lowest BCUT2D eigenvalue weighted by atomic mass is 10.1. The van der Waals surface area contributed by atoms with Gasteiger partial charge in [-0.05, 0) is 24.3 Å². The van der Waals surface area contributed by atoms with Crippen molar-refractivity contribution in [3.05, 3.63) is 47.5 Å². The number of hydrogen-bond donors (Lipinski definition) is 2. The van der Waals surface area contributed by atoms with Crippen LogP contribution in [0.3, 0.4) is 0 Å². The lowest BCUT2D eigenvalue weighted by molar-refractivity contribution is 0.0696. The van der Waals surface area contributed by atoms with E-state index in [0.717, 1.165) is 0 Å². The van der Waals surface area contributed by atoms with Crippen LogP contribution < -0.4 is 5.32 Å². The summed E-state index contributed by atoms with van der Waals surface area (Å²) in [4.78, 5) is 22.5. The predicted octanol–water partition coefficient (Wildman–Crippen LogP) is 0.443. The van der Waals surface area contributed by atoms with Gasteiger partial charge in [0.05, 0.1) is 12.1 Å². The van der Waals surface area contributed by atoms with Crippen LogP contribution in [0.15, 0.2) is 30.6 Å². The standard InChI is InChI=1S/C12H12N4O3/c1-16-7-14-15-10(16)6-13-11(17)8-2-4-9(5-3-8)12(18)19/h2-5,7H,6H2,1H3,(H,13,17)(H,18,19). The van der Waals surface area contributed by atoms with Crippen molar-refractivity contribution in [2.24, 2.45) is 7.05 Å². The first-order chi connectivity index (χ1) is 9.08. The predicted molar refractivity (Wildman–Crippen MR) is 65.6 cm³/mol. The SMILES string of the molecule is Cn1cnnc1CNC(=O)c1ccc(C(=O)O)cc1. The van der Waals surface area contributed by atoms with Gasteiger partial charge in [0.15, 0.2) is 5.82 Å². The second-order valence-corrected chi connectivity index (χ2v) is 3.92. The Labute approximate surface area is 108 Å². The minimum Gasteiger partial charge on any atom is -0.478 e. The van der Waals surface area contributed by atoms with E-state index >= 15 is 0 Å². The van der Waals surface area contributed by atoms with Gasteiger partial charge >= 0.3 is 5.97 Å². The van der Waals surface area contributed by atoms with E-state index in [0.29, 0.717) is 11.4 Å². The molecule has 7 nitrogen and oxygen atoms in total. The number of carbonyl (C=O) groups excluding carboxylic acids is 1. The molecular formula is C12H12N4O3. The van der Waals surface area contributed by atoms with Crippen LogP contribution >= 0.6 is 0 Å². The Hall–Kier alpha value is -2.70. The fraction of sp³-hybridized carbons (Fsp3) is 0.167. The van der Waals surface area contributed by atoms with Crippen molar-refractivity contribution in [1.82, 2.24) is 20.1 Å². The Morgan fingerprint density at radius 1 is 1.26 bits per heavy atom. The summed E-state index contributed by atoms with van der Waals surface area (Å²) in [6.45, 7) is 0.260. The molecule has 0 saturated carbocycles. The Morgan fingerprint density at radius 2 is 1.89 bits per heavy atom. The lowest BCUT2D eigenvalue weighted by Crippen LogP contribution is -2.24. The number of nitrogens with zero attached hydrogens (tertiary/aromatic N) is 3.